The van der Waals surface area contributed by atoms with Crippen molar-refractivity contribution in [3.8, 4) is 0 Å². The number of fused-ring (bicyclic) bond motifs is 1. The van der Waals surface area contributed by atoms with Gasteiger partial charge in [-0.15, -0.1) is 5.10 Å². The van der Waals surface area contributed by atoms with E-state index in [4.69, 9.17) is 5.21 Å². The van der Waals surface area contributed by atoms with Gasteiger partial charge in [-0.25, -0.2) is 0 Å². The van der Waals surface area contributed by atoms with E-state index in [2.05, 4.69) is 44.0 Å². The molecule has 0 fully saturated rings. The van der Waals surface area contributed by atoms with E-state index < -0.39 is 5.20 Å². The summed E-state index contributed by atoms with van der Waals surface area (Å²) in [4.78, 5) is 0.759. The van der Waals surface area contributed by atoms with Gasteiger partial charge in [0.05, 0.1) is 0 Å². The number of aromatic nitrogens is 3. The first kappa shape index (κ1) is 12.6. The summed E-state index contributed by atoms with van der Waals surface area (Å²) in [5.74, 6) is 0. The number of rotatable bonds is 0. The fourth-order valence-electron chi connectivity index (χ4n) is 0.857. The Kier molecular flexibility index (Phi) is 4.22. The average Bonchev–Trinajstić information content (AvgIpc) is 2.46. The highest BCUT2D eigenvalue weighted by atomic mass is 36.0. The molecule has 5 nitrogen and oxygen atoms in total. The predicted molar refractivity (Wildman–Crippen MR) is 59.9 cm³/mol. The summed E-state index contributed by atoms with van der Waals surface area (Å²) >= 11 is 13.8. The standard InChI is InChI=1S/C6H5N3O.Cl3OP/c10-9-6-4-2-1-3-5(6)7-8-9;1-5(2,3)4/h1-4,10H;. The van der Waals surface area contributed by atoms with E-state index in [0.29, 0.717) is 11.0 Å². The molecule has 1 aromatic heterocycles. The zero-order valence-electron chi connectivity index (χ0n) is 7.09. The molecule has 0 aliphatic heterocycles. The molecule has 0 atom stereocenters. The van der Waals surface area contributed by atoms with Gasteiger partial charge < -0.3 is 5.21 Å². The molecule has 2 rings (SSSR count). The molecule has 82 valence electrons. The minimum absolute atomic E-state index is 0.627. The van der Waals surface area contributed by atoms with Gasteiger partial charge in [0, 0.05) is 0 Å². The van der Waals surface area contributed by atoms with Crippen LogP contribution in [0.2, 0.25) is 0 Å². The molecule has 1 heterocycles. The van der Waals surface area contributed by atoms with Gasteiger partial charge in [-0.05, 0) is 51.1 Å². The summed E-state index contributed by atoms with van der Waals surface area (Å²) in [6, 6.07) is 7.19. The van der Waals surface area contributed by atoms with E-state index in [9.17, 15) is 4.57 Å². The maximum absolute atomic E-state index is 9.51. The van der Waals surface area contributed by atoms with Crippen LogP contribution in [0.25, 0.3) is 11.0 Å². The zero-order chi connectivity index (χ0) is 11.5. The van der Waals surface area contributed by atoms with Crippen molar-refractivity contribution in [3.63, 3.8) is 0 Å². The molecule has 9 heteroatoms. The Morgan fingerprint density at radius 2 is 1.80 bits per heavy atom. The molecule has 0 spiro atoms. The number of benzene rings is 1. The van der Waals surface area contributed by atoms with E-state index in [0.717, 1.165) is 4.85 Å². The van der Waals surface area contributed by atoms with E-state index >= 15 is 0 Å². The van der Waals surface area contributed by atoms with Crippen molar-refractivity contribution < 1.29 is 9.77 Å². The molecule has 0 saturated carbocycles. The topological polar surface area (TPSA) is 68.0 Å². The lowest BCUT2D eigenvalue weighted by Crippen LogP contribution is -1.90. The van der Waals surface area contributed by atoms with Crippen molar-refractivity contribution in [2.45, 2.75) is 0 Å². The molecule has 0 saturated heterocycles. The van der Waals surface area contributed by atoms with Crippen LogP contribution in [0.1, 0.15) is 0 Å². The predicted octanol–water partition coefficient (Wildman–Crippen LogP) is 3.48. The van der Waals surface area contributed by atoms with Crippen LogP contribution in [-0.2, 0) is 4.57 Å². The molecule has 0 radical (unpaired) electrons. The van der Waals surface area contributed by atoms with E-state index in [1.165, 1.54) is 0 Å². The average molecular weight is 288 g/mol. The summed E-state index contributed by atoms with van der Waals surface area (Å²) in [6.45, 7) is 0. The Bertz CT molecular complexity index is 489. The zero-order valence-corrected chi connectivity index (χ0v) is 10.2. The summed E-state index contributed by atoms with van der Waals surface area (Å²) in [6.07, 6.45) is 0. The molecule has 0 bridgehead atoms. The molecular weight excluding hydrogens is 283 g/mol. The molecule has 0 aliphatic carbocycles. The van der Waals surface area contributed by atoms with Crippen LogP contribution in [0.15, 0.2) is 24.3 Å². The normalized spacial score (nSPS) is 10.9. The van der Waals surface area contributed by atoms with Crippen LogP contribution in [0.4, 0.5) is 0 Å². The Hall–Kier alpha value is -0.480. The van der Waals surface area contributed by atoms with Crippen molar-refractivity contribution >= 4 is 50.0 Å². The smallest absolute Gasteiger partial charge is 0.339 e. The third kappa shape index (κ3) is 4.71. The maximum atomic E-state index is 9.51. The SMILES string of the molecule is O=P(Cl)(Cl)Cl.On1nnc2ccccc21. The number of hydrogen-bond acceptors (Lipinski definition) is 4. The van der Waals surface area contributed by atoms with E-state index in [-0.39, 0.29) is 0 Å². The van der Waals surface area contributed by atoms with Crippen LogP contribution >= 0.6 is 38.9 Å². The third-order valence-corrected chi connectivity index (χ3v) is 1.33. The molecule has 0 amide bonds. The lowest BCUT2D eigenvalue weighted by Gasteiger charge is -1.85. The van der Waals surface area contributed by atoms with Gasteiger partial charge in [0.25, 0.3) is 0 Å². The molecular formula is C6H5Cl3N3O2P. The Morgan fingerprint density at radius 3 is 2.33 bits per heavy atom. The fourth-order valence-corrected chi connectivity index (χ4v) is 0.857. The molecule has 1 aromatic carbocycles. The third-order valence-electron chi connectivity index (χ3n) is 1.33. The second-order valence-electron chi connectivity index (χ2n) is 2.37. The van der Waals surface area contributed by atoms with Gasteiger partial charge in [0.1, 0.15) is 11.0 Å². The number of nitrogens with zero attached hydrogens (tertiary/aromatic N) is 3. The Balaban J connectivity index is 0.000000195. The number of hydrogen-bond donors (Lipinski definition) is 1. The second kappa shape index (κ2) is 5.03. The van der Waals surface area contributed by atoms with Gasteiger partial charge in [0.15, 0.2) is 0 Å². The van der Waals surface area contributed by atoms with Crippen LogP contribution in [-0.4, -0.2) is 20.4 Å². The van der Waals surface area contributed by atoms with Crippen molar-refractivity contribution in [2.24, 2.45) is 0 Å². The van der Waals surface area contributed by atoms with Crippen molar-refractivity contribution in [1.82, 2.24) is 15.2 Å². The maximum Gasteiger partial charge on any atom is 0.339 e. The Labute approximate surface area is 99.2 Å². The van der Waals surface area contributed by atoms with Crippen LogP contribution in [0.5, 0.6) is 0 Å². The van der Waals surface area contributed by atoms with Gasteiger partial charge in [-0.2, -0.15) is 0 Å². The van der Waals surface area contributed by atoms with Crippen LogP contribution in [0.3, 0.4) is 0 Å². The molecule has 0 unspecified atom stereocenters. The largest absolute Gasteiger partial charge is 0.410 e. The van der Waals surface area contributed by atoms with Gasteiger partial charge >= 0.3 is 5.20 Å². The van der Waals surface area contributed by atoms with E-state index in [1.54, 1.807) is 12.1 Å². The second-order valence-corrected chi connectivity index (χ2v) is 9.01. The van der Waals surface area contributed by atoms with Crippen molar-refractivity contribution in [3.05, 3.63) is 24.3 Å². The highest BCUT2D eigenvalue weighted by Gasteiger charge is 2.03. The fraction of sp³-hybridized carbons (Fsp3) is 0. The molecule has 0 aliphatic rings. The summed E-state index contributed by atoms with van der Waals surface area (Å²) < 4.78 is 9.51. The molecule has 2 aromatic rings. The van der Waals surface area contributed by atoms with Gasteiger partial charge in [0.2, 0.25) is 0 Å². The molecule has 1 N–H and O–H groups in total. The summed E-state index contributed by atoms with van der Waals surface area (Å²) in [5, 5.41) is 12.8. The number of halogens is 3. The summed E-state index contributed by atoms with van der Waals surface area (Å²) in [5.41, 5.74) is 1.33. The van der Waals surface area contributed by atoms with Gasteiger partial charge in [-0.1, -0.05) is 17.0 Å². The van der Waals surface area contributed by atoms with Crippen LogP contribution in [0, 0.1) is 0 Å². The van der Waals surface area contributed by atoms with Crippen LogP contribution < -0.4 is 0 Å². The van der Waals surface area contributed by atoms with E-state index in [1.807, 2.05) is 12.1 Å². The first-order chi connectivity index (χ1) is 6.88. The Morgan fingerprint density at radius 1 is 1.27 bits per heavy atom. The van der Waals surface area contributed by atoms with Crippen molar-refractivity contribution in [1.29, 1.82) is 0 Å². The minimum Gasteiger partial charge on any atom is -0.410 e. The van der Waals surface area contributed by atoms with Crippen molar-refractivity contribution in [2.75, 3.05) is 0 Å². The monoisotopic (exact) mass is 287 g/mol. The quantitative estimate of drug-likeness (QED) is 0.595. The summed E-state index contributed by atoms with van der Waals surface area (Å²) in [7, 11) is 0. The van der Waals surface area contributed by atoms with Gasteiger partial charge in [-0.3, -0.25) is 4.57 Å². The molecule has 15 heavy (non-hydrogen) atoms. The highest BCUT2D eigenvalue weighted by molar-refractivity contribution is 8.24. The lowest BCUT2D eigenvalue weighted by molar-refractivity contribution is 0.155. The minimum atomic E-state index is -3.22. The first-order valence-corrected chi connectivity index (χ1v) is 7.99. The number of para-hydroxylation sites is 1. The first-order valence-electron chi connectivity index (χ1n) is 3.56. The highest BCUT2D eigenvalue weighted by Crippen LogP contribution is 2.61. The lowest BCUT2D eigenvalue weighted by atomic mass is 10.3.